The molecule has 1 heterocycles. The normalized spacial score (nSPS) is 11.5. The van der Waals surface area contributed by atoms with E-state index in [9.17, 15) is 8.42 Å². The molecule has 0 atom stereocenters. The number of rotatable bonds is 6. The minimum absolute atomic E-state index is 0.287. The van der Waals surface area contributed by atoms with E-state index in [2.05, 4.69) is 27.7 Å². The fourth-order valence-electron chi connectivity index (χ4n) is 1.87. The van der Waals surface area contributed by atoms with Gasteiger partial charge in [0, 0.05) is 13.1 Å². The Morgan fingerprint density at radius 1 is 1.20 bits per heavy atom. The van der Waals surface area contributed by atoms with Crippen LogP contribution in [0.15, 0.2) is 39.9 Å². The molecule has 20 heavy (non-hydrogen) atoms. The van der Waals surface area contributed by atoms with Gasteiger partial charge >= 0.3 is 0 Å². The Hall–Kier alpha value is -1.37. The third-order valence-corrected chi connectivity index (χ3v) is 5.46. The molecular weight excluding hydrogens is 292 g/mol. The van der Waals surface area contributed by atoms with Crippen LogP contribution < -0.4 is 10.0 Å². The van der Waals surface area contributed by atoms with Gasteiger partial charge < -0.3 is 5.32 Å². The predicted molar refractivity (Wildman–Crippen MR) is 83.7 cm³/mol. The van der Waals surface area contributed by atoms with Gasteiger partial charge in [-0.25, -0.2) is 13.1 Å². The molecule has 0 aliphatic rings. The summed E-state index contributed by atoms with van der Waals surface area (Å²) in [7, 11) is -3.45. The zero-order chi connectivity index (χ0) is 14.6. The molecule has 2 rings (SSSR count). The van der Waals surface area contributed by atoms with Crippen LogP contribution in [0.2, 0.25) is 0 Å². The van der Waals surface area contributed by atoms with Crippen molar-refractivity contribution < 1.29 is 8.42 Å². The summed E-state index contributed by atoms with van der Waals surface area (Å²) in [6, 6.07) is 6.95. The van der Waals surface area contributed by atoms with E-state index in [1.54, 1.807) is 36.5 Å². The average Bonchev–Trinajstić information content (AvgIpc) is 2.82. The second kappa shape index (κ2) is 6.39. The lowest BCUT2D eigenvalue weighted by Gasteiger charge is -2.12. The Bertz CT molecular complexity index is 678. The summed E-state index contributed by atoms with van der Waals surface area (Å²) in [5.74, 6) is 0. The molecule has 0 saturated carbocycles. The standard InChI is InChI=1S/C14H18N2O2S2/c1-3-16-20(17,18)14-7-5-4-6-13(14)15-8-12-10-19-9-11(12)2/h4-7,9-10,15-16H,3,8H2,1-2H3. The van der Waals surface area contributed by atoms with Crippen LogP contribution in [0, 0.1) is 6.92 Å². The Morgan fingerprint density at radius 3 is 2.60 bits per heavy atom. The first kappa shape index (κ1) is 15.0. The van der Waals surface area contributed by atoms with Gasteiger partial charge in [0.15, 0.2) is 0 Å². The van der Waals surface area contributed by atoms with Gasteiger partial charge in [-0.1, -0.05) is 19.1 Å². The summed E-state index contributed by atoms with van der Waals surface area (Å²) >= 11 is 1.65. The number of hydrogen-bond acceptors (Lipinski definition) is 4. The van der Waals surface area contributed by atoms with E-state index in [4.69, 9.17) is 0 Å². The van der Waals surface area contributed by atoms with E-state index in [1.165, 1.54) is 11.1 Å². The third kappa shape index (κ3) is 3.39. The Labute approximate surface area is 123 Å². The van der Waals surface area contributed by atoms with Gasteiger partial charge in [0.25, 0.3) is 0 Å². The molecule has 0 aliphatic carbocycles. The van der Waals surface area contributed by atoms with Gasteiger partial charge in [0.1, 0.15) is 4.90 Å². The maximum Gasteiger partial charge on any atom is 0.242 e. The van der Waals surface area contributed by atoms with Crippen LogP contribution in [0.5, 0.6) is 0 Å². The minimum Gasteiger partial charge on any atom is -0.380 e. The number of anilines is 1. The van der Waals surface area contributed by atoms with E-state index in [-0.39, 0.29) is 4.90 Å². The molecule has 0 amide bonds. The van der Waals surface area contributed by atoms with Gasteiger partial charge in [-0.15, -0.1) is 0 Å². The van der Waals surface area contributed by atoms with Crippen LogP contribution in [0.4, 0.5) is 5.69 Å². The van der Waals surface area contributed by atoms with E-state index in [0.29, 0.717) is 18.8 Å². The second-order valence-corrected chi connectivity index (χ2v) is 6.91. The van der Waals surface area contributed by atoms with Gasteiger partial charge in [0.05, 0.1) is 5.69 Å². The zero-order valence-electron chi connectivity index (χ0n) is 11.5. The molecule has 0 saturated heterocycles. The molecular formula is C14H18N2O2S2. The first-order chi connectivity index (χ1) is 9.54. The minimum atomic E-state index is -3.45. The highest BCUT2D eigenvalue weighted by Crippen LogP contribution is 2.22. The highest BCUT2D eigenvalue weighted by Gasteiger charge is 2.16. The molecule has 108 valence electrons. The molecule has 0 bridgehead atoms. The molecule has 0 unspecified atom stereocenters. The highest BCUT2D eigenvalue weighted by atomic mass is 32.2. The highest BCUT2D eigenvalue weighted by molar-refractivity contribution is 7.89. The van der Waals surface area contributed by atoms with Gasteiger partial charge in [0.2, 0.25) is 10.0 Å². The number of hydrogen-bond donors (Lipinski definition) is 2. The Kier molecular flexibility index (Phi) is 4.80. The lowest BCUT2D eigenvalue weighted by atomic mass is 10.2. The molecule has 0 spiro atoms. The van der Waals surface area contributed by atoms with Crippen molar-refractivity contribution in [1.82, 2.24) is 4.72 Å². The number of thiophene rings is 1. The van der Waals surface area contributed by atoms with Crippen molar-refractivity contribution in [2.75, 3.05) is 11.9 Å². The number of nitrogens with one attached hydrogen (secondary N) is 2. The summed E-state index contributed by atoms with van der Waals surface area (Å²) < 4.78 is 26.8. The largest absolute Gasteiger partial charge is 0.380 e. The molecule has 0 fully saturated rings. The molecule has 1 aromatic carbocycles. The van der Waals surface area contributed by atoms with Gasteiger partial charge in [-0.05, 0) is 40.9 Å². The summed E-state index contributed by atoms with van der Waals surface area (Å²) in [4.78, 5) is 0.287. The van der Waals surface area contributed by atoms with Crippen LogP contribution >= 0.6 is 11.3 Å². The van der Waals surface area contributed by atoms with Crippen molar-refractivity contribution >= 4 is 27.0 Å². The monoisotopic (exact) mass is 310 g/mol. The maximum absolute atomic E-state index is 12.1. The summed E-state index contributed by atoms with van der Waals surface area (Å²) in [6.45, 7) is 4.81. The van der Waals surface area contributed by atoms with Crippen LogP contribution in [-0.4, -0.2) is 15.0 Å². The molecule has 6 heteroatoms. The third-order valence-electron chi connectivity index (χ3n) is 2.94. The maximum atomic E-state index is 12.1. The molecule has 4 nitrogen and oxygen atoms in total. The molecule has 2 N–H and O–H groups in total. The Morgan fingerprint density at radius 2 is 1.95 bits per heavy atom. The van der Waals surface area contributed by atoms with Crippen molar-refractivity contribution in [3.05, 3.63) is 46.2 Å². The molecule has 0 aliphatic heterocycles. The second-order valence-electron chi connectivity index (χ2n) is 4.43. The lowest BCUT2D eigenvalue weighted by Crippen LogP contribution is -2.24. The van der Waals surface area contributed by atoms with Crippen molar-refractivity contribution in [1.29, 1.82) is 0 Å². The first-order valence-electron chi connectivity index (χ1n) is 6.39. The van der Waals surface area contributed by atoms with Crippen LogP contribution in [0.1, 0.15) is 18.1 Å². The van der Waals surface area contributed by atoms with E-state index >= 15 is 0 Å². The quantitative estimate of drug-likeness (QED) is 0.862. The van der Waals surface area contributed by atoms with E-state index in [0.717, 1.165) is 0 Å². The summed E-state index contributed by atoms with van der Waals surface area (Å²) in [5.41, 5.74) is 3.03. The zero-order valence-corrected chi connectivity index (χ0v) is 13.1. The average molecular weight is 310 g/mol. The van der Waals surface area contributed by atoms with E-state index in [1.807, 2.05) is 6.07 Å². The fourth-order valence-corrected chi connectivity index (χ4v) is 3.95. The molecule has 1 aromatic heterocycles. The Balaban J connectivity index is 2.23. The van der Waals surface area contributed by atoms with Crippen LogP contribution in [-0.2, 0) is 16.6 Å². The number of sulfonamides is 1. The number of benzene rings is 1. The SMILES string of the molecule is CCNS(=O)(=O)c1ccccc1NCc1cscc1C. The van der Waals surface area contributed by atoms with Gasteiger partial charge in [-0.2, -0.15) is 11.3 Å². The van der Waals surface area contributed by atoms with Crippen molar-refractivity contribution in [2.45, 2.75) is 25.3 Å². The van der Waals surface area contributed by atoms with Crippen LogP contribution in [0.25, 0.3) is 0 Å². The summed E-state index contributed by atoms with van der Waals surface area (Å²) in [5, 5.41) is 7.36. The smallest absolute Gasteiger partial charge is 0.242 e. The van der Waals surface area contributed by atoms with Crippen LogP contribution in [0.3, 0.4) is 0 Å². The van der Waals surface area contributed by atoms with Crippen molar-refractivity contribution in [3.63, 3.8) is 0 Å². The number of aryl methyl sites for hydroxylation is 1. The summed E-state index contributed by atoms with van der Waals surface area (Å²) in [6.07, 6.45) is 0. The first-order valence-corrected chi connectivity index (χ1v) is 8.81. The van der Waals surface area contributed by atoms with Crippen molar-refractivity contribution in [3.8, 4) is 0 Å². The molecule has 2 aromatic rings. The number of para-hydroxylation sites is 1. The predicted octanol–water partition coefficient (Wildman–Crippen LogP) is 2.97. The fraction of sp³-hybridized carbons (Fsp3) is 0.286. The van der Waals surface area contributed by atoms with E-state index < -0.39 is 10.0 Å². The molecule has 0 radical (unpaired) electrons. The van der Waals surface area contributed by atoms with Gasteiger partial charge in [-0.3, -0.25) is 0 Å². The lowest BCUT2D eigenvalue weighted by molar-refractivity contribution is 0.584. The topological polar surface area (TPSA) is 58.2 Å². The van der Waals surface area contributed by atoms with Crippen molar-refractivity contribution in [2.24, 2.45) is 0 Å².